The van der Waals surface area contributed by atoms with Gasteiger partial charge in [0.05, 0.1) is 0 Å². The van der Waals surface area contributed by atoms with Crippen LogP contribution in [0.1, 0.15) is 0 Å². The molecule has 0 saturated heterocycles. The number of rotatable bonds is 3. The predicted octanol–water partition coefficient (Wildman–Crippen LogP) is 1.65. The average Bonchev–Trinajstić information content (AvgIpc) is 2.16. The first-order valence-electron chi connectivity index (χ1n) is 4.08. The van der Waals surface area contributed by atoms with Gasteiger partial charge in [-0.2, -0.15) is 21.6 Å². The van der Waals surface area contributed by atoms with E-state index in [1.807, 2.05) is 0 Å². The molecular formula is C8H7F3O4S2. The molecular weight excluding hydrogens is 281 g/mol. The van der Waals surface area contributed by atoms with E-state index in [-0.39, 0.29) is 0 Å². The van der Waals surface area contributed by atoms with Gasteiger partial charge in [-0.05, 0) is 35.4 Å². The lowest BCUT2D eigenvalue weighted by molar-refractivity contribution is -0.0500. The quantitative estimate of drug-likeness (QED) is 0.482. The zero-order chi connectivity index (χ0) is 13.3. The molecule has 4 nitrogen and oxygen atoms in total. The molecule has 1 aromatic rings. The lowest BCUT2D eigenvalue weighted by Gasteiger charge is -2.09. The number of hydrogen-bond donors (Lipinski definition) is 0. The van der Waals surface area contributed by atoms with Crippen LogP contribution in [0.4, 0.5) is 13.2 Å². The molecule has 0 aliphatic heterocycles. The Bertz CT molecular complexity index is 478. The van der Waals surface area contributed by atoms with E-state index < -0.39 is 32.6 Å². The van der Waals surface area contributed by atoms with E-state index >= 15 is 0 Å². The second-order valence-corrected chi connectivity index (χ2v) is 5.83. The molecule has 1 rings (SSSR count). The molecule has 1 atom stereocenters. The van der Waals surface area contributed by atoms with E-state index in [0.717, 1.165) is 12.1 Å². The molecule has 1 aromatic carbocycles. The molecule has 9 heteroatoms. The highest BCUT2D eigenvalue weighted by Crippen LogP contribution is 2.27. The van der Waals surface area contributed by atoms with Crippen molar-refractivity contribution in [3.63, 3.8) is 0 Å². The summed E-state index contributed by atoms with van der Waals surface area (Å²) in [7, 11) is -5.66. The number of hydrogen-bond acceptors (Lipinski definition) is 4. The lowest BCUT2D eigenvalue weighted by atomic mass is 10.3. The molecule has 0 spiro atoms. The third-order valence-electron chi connectivity index (χ3n) is 1.65. The minimum absolute atomic E-state index is 0.349. The van der Waals surface area contributed by atoms with Crippen LogP contribution in [0.15, 0.2) is 29.2 Å². The molecule has 0 saturated carbocycles. The minimum atomic E-state index is -5.66. The molecule has 0 amide bonds. The Morgan fingerprint density at radius 3 is 2.06 bits per heavy atom. The highest BCUT2D eigenvalue weighted by atomic mass is 32.2. The van der Waals surface area contributed by atoms with Crippen molar-refractivity contribution in [1.29, 1.82) is 0 Å². The van der Waals surface area contributed by atoms with Gasteiger partial charge in [0.25, 0.3) is 0 Å². The van der Waals surface area contributed by atoms with Crippen molar-refractivity contribution in [3.05, 3.63) is 24.3 Å². The highest BCUT2D eigenvalue weighted by Gasteiger charge is 2.48. The topological polar surface area (TPSA) is 66.4 Å². The number of alkyl halides is 3. The van der Waals surface area contributed by atoms with Gasteiger partial charge in [0, 0.05) is 0 Å². The van der Waals surface area contributed by atoms with Crippen molar-refractivity contribution in [2.24, 2.45) is 0 Å². The second kappa shape index (κ2) is 4.75. The first-order chi connectivity index (χ1) is 7.63. The summed E-state index contributed by atoms with van der Waals surface area (Å²) in [4.78, 5) is 0.349. The van der Waals surface area contributed by atoms with Crippen molar-refractivity contribution in [2.45, 2.75) is 10.4 Å². The molecule has 0 aliphatic carbocycles. The van der Waals surface area contributed by atoms with Gasteiger partial charge in [0.15, 0.2) is 4.90 Å². The highest BCUT2D eigenvalue weighted by molar-refractivity contribution is 7.90. The van der Waals surface area contributed by atoms with Crippen LogP contribution in [0.3, 0.4) is 0 Å². The number of benzene rings is 1. The van der Waals surface area contributed by atoms with Crippen LogP contribution < -0.4 is 4.18 Å². The van der Waals surface area contributed by atoms with Crippen LogP contribution in [0.25, 0.3) is 0 Å². The van der Waals surface area contributed by atoms with Crippen LogP contribution in [-0.4, -0.2) is 24.7 Å². The molecule has 0 aromatic heterocycles. The summed E-state index contributed by atoms with van der Waals surface area (Å²) in [6.07, 6.45) is 1.38. The third-order valence-corrected chi connectivity index (χ3v) is 3.56. The average molecular weight is 288 g/mol. The normalized spacial score (nSPS) is 14.4. The largest absolute Gasteiger partial charge is 0.612 e. The fraction of sp³-hybridized carbons (Fsp3) is 0.250. The zero-order valence-corrected chi connectivity index (χ0v) is 10.0. The van der Waals surface area contributed by atoms with Crippen LogP contribution in [0.2, 0.25) is 0 Å². The molecule has 0 aliphatic rings. The maximum atomic E-state index is 12.0. The zero-order valence-electron chi connectivity index (χ0n) is 8.39. The van der Waals surface area contributed by atoms with Gasteiger partial charge in [0.2, 0.25) is 0 Å². The Morgan fingerprint density at radius 2 is 1.71 bits per heavy atom. The van der Waals surface area contributed by atoms with Crippen LogP contribution in [0.5, 0.6) is 5.75 Å². The summed E-state index contributed by atoms with van der Waals surface area (Å²) in [6, 6.07) is 4.44. The predicted molar refractivity (Wildman–Crippen MR) is 54.4 cm³/mol. The Balaban J connectivity index is 2.91. The van der Waals surface area contributed by atoms with Gasteiger partial charge in [0.1, 0.15) is 12.0 Å². The standard InChI is InChI=1S/C8H7F3O4S2/c1-16(12)7-4-2-6(3-5-7)15-17(13,14)8(9,10)11/h2-5H,1H3. The maximum Gasteiger partial charge on any atom is 0.534 e. The van der Waals surface area contributed by atoms with Crippen LogP contribution >= 0.6 is 0 Å². The van der Waals surface area contributed by atoms with E-state index in [2.05, 4.69) is 4.18 Å². The molecule has 0 bridgehead atoms. The van der Waals surface area contributed by atoms with Crippen molar-refractivity contribution in [1.82, 2.24) is 0 Å². The molecule has 96 valence electrons. The Hall–Kier alpha value is -0.930. The van der Waals surface area contributed by atoms with E-state index in [1.165, 1.54) is 18.4 Å². The fourth-order valence-electron chi connectivity index (χ4n) is 0.861. The molecule has 1 unspecified atom stereocenters. The van der Waals surface area contributed by atoms with Gasteiger partial charge >= 0.3 is 15.6 Å². The summed E-state index contributed by atoms with van der Waals surface area (Å²) in [5.74, 6) is -0.489. The summed E-state index contributed by atoms with van der Waals surface area (Å²) in [5, 5.41) is 0. The molecule has 17 heavy (non-hydrogen) atoms. The van der Waals surface area contributed by atoms with Gasteiger partial charge in [-0.15, -0.1) is 0 Å². The third kappa shape index (κ3) is 3.51. The van der Waals surface area contributed by atoms with Gasteiger partial charge < -0.3 is 8.74 Å². The first-order valence-corrected chi connectivity index (χ1v) is 7.04. The number of halogens is 3. The van der Waals surface area contributed by atoms with Gasteiger partial charge in [-0.1, -0.05) is 0 Å². The van der Waals surface area contributed by atoms with Gasteiger partial charge in [-0.25, -0.2) is 0 Å². The van der Waals surface area contributed by atoms with E-state index in [9.17, 15) is 26.1 Å². The summed E-state index contributed by atoms with van der Waals surface area (Å²) >= 11 is -1.30. The Kier molecular flexibility index (Phi) is 3.95. The van der Waals surface area contributed by atoms with Crippen molar-refractivity contribution >= 4 is 21.3 Å². The maximum absolute atomic E-state index is 12.0. The monoisotopic (exact) mass is 288 g/mol. The second-order valence-electron chi connectivity index (χ2n) is 2.91. The van der Waals surface area contributed by atoms with E-state index in [0.29, 0.717) is 4.90 Å². The van der Waals surface area contributed by atoms with Crippen molar-refractivity contribution in [3.8, 4) is 5.75 Å². The first kappa shape index (κ1) is 14.1. The molecule has 0 N–H and O–H groups in total. The van der Waals surface area contributed by atoms with Crippen molar-refractivity contribution < 1.29 is 30.3 Å². The minimum Gasteiger partial charge on any atom is -0.612 e. The molecule has 0 fully saturated rings. The van der Waals surface area contributed by atoms with Gasteiger partial charge in [-0.3, -0.25) is 0 Å². The SMILES string of the molecule is C[S+]([O-])c1ccc(OS(=O)(=O)C(F)(F)F)cc1. The lowest BCUT2D eigenvalue weighted by Crippen LogP contribution is -2.28. The van der Waals surface area contributed by atoms with Crippen LogP contribution in [0, 0.1) is 0 Å². The smallest absolute Gasteiger partial charge is 0.534 e. The fourth-order valence-corrected chi connectivity index (χ4v) is 1.84. The van der Waals surface area contributed by atoms with Crippen molar-refractivity contribution in [2.75, 3.05) is 6.26 Å². The van der Waals surface area contributed by atoms with E-state index in [4.69, 9.17) is 0 Å². The Labute approximate surface area is 98.7 Å². The summed E-state index contributed by atoms with van der Waals surface area (Å²) < 4.78 is 72.0. The molecule has 0 heterocycles. The summed E-state index contributed by atoms with van der Waals surface area (Å²) in [6.45, 7) is 0. The molecule has 0 radical (unpaired) electrons. The summed E-state index contributed by atoms with van der Waals surface area (Å²) in [5.41, 5.74) is -5.47. The Morgan fingerprint density at radius 1 is 1.24 bits per heavy atom. The van der Waals surface area contributed by atoms with Crippen LogP contribution in [-0.2, 0) is 21.3 Å². The van der Waals surface area contributed by atoms with E-state index in [1.54, 1.807) is 0 Å².